The molecule has 3 fully saturated rings. The molecule has 3 N–H and O–H groups in total. The number of carbonyl (C=O) groups is 3. The van der Waals surface area contributed by atoms with Crippen LogP contribution in [0, 0.1) is 11.8 Å². The highest BCUT2D eigenvalue weighted by Crippen LogP contribution is 2.71. The van der Waals surface area contributed by atoms with Crippen LogP contribution in [0.3, 0.4) is 0 Å². The summed E-state index contributed by atoms with van der Waals surface area (Å²) < 4.78 is 0.544. The molecular weight excluding hydrogens is 540 g/mol. The van der Waals surface area contributed by atoms with E-state index in [2.05, 4.69) is 27.9 Å². The normalized spacial score (nSPS) is 28.3. The number of nitrogens with zero attached hydrogens (tertiary/aromatic N) is 4. The fraction of sp³-hybridized carbons (Fsp3) is 0.500. The zero-order chi connectivity index (χ0) is 28.6. The lowest BCUT2D eigenvalue weighted by atomic mass is 9.66. The number of rotatable bonds is 11. The summed E-state index contributed by atoms with van der Waals surface area (Å²) in [5, 5.41) is 23.7. The largest absolute Gasteiger partial charge is 0.396 e. The van der Waals surface area contributed by atoms with Crippen molar-refractivity contribution in [3.8, 4) is 0 Å². The Morgan fingerprint density at radius 1 is 1.02 bits per heavy atom. The zero-order valence-corrected chi connectivity index (χ0v) is 24.0. The maximum atomic E-state index is 14.2. The van der Waals surface area contributed by atoms with Crippen LogP contribution in [0.15, 0.2) is 54.6 Å². The highest BCUT2D eigenvalue weighted by atomic mass is 32.2. The number of hydrogen-bond acceptors (Lipinski definition) is 7. The lowest BCUT2D eigenvalue weighted by molar-refractivity contribution is -0.140. The lowest BCUT2D eigenvalue weighted by Gasteiger charge is -2.34. The first-order valence-corrected chi connectivity index (χ1v) is 15.2. The lowest BCUT2D eigenvalue weighted by Crippen LogP contribution is -2.54. The van der Waals surface area contributed by atoms with Gasteiger partial charge in [-0.05, 0) is 56.7 Å². The third-order valence-corrected chi connectivity index (χ3v) is 11.0. The van der Waals surface area contributed by atoms with Crippen molar-refractivity contribution in [1.82, 2.24) is 30.5 Å². The van der Waals surface area contributed by atoms with E-state index >= 15 is 0 Å². The van der Waals surface area contributed by atoms with Gasteiger partial charge in [-0.2, -0.15) is 0 Å². The standard InChI is InChI=1S/C30H36N6O4S/c1-29-14-15-30(41-29)24(23(29)26(38)31-18-20-10-4-2-5-11-20)28(40)35(16-8-3-9-17-37)25(30)27(39)32-19-36-22-13-7-6-12-21(22)33-34-36/h2,4-7,10-13,23-25,37H,3,8-9,14-19H2,1H3,(H,31,38)(H,32,39)/t23-,24-,25?,29+,30?/m0/s1. The van der Waals surface area contributed by atoms with Crippen molar-refractivity contribution in [2.45, 2.75) is 67.8 Å². The summed E-state index contributed by atoms with van der Waals surface area (Å²) in [6.45, 7) is 3.11. The molecule has 216 valence electrons. The van der Waals surface area contributed by atoms with E-state index in [4.69, 9.17) is 0 Å². The summed E-state index contributed by atoms with van der Waals surface area (Å²) in [6.07, 6.45) is 3.54. The number of likely N-dealkylation sites (tertiary alicyclic amines) is 1. The van der Waals surface area contributed by atoms with Crippen LogP contribution in [-0.4, -0.2) is 71.4 Å². The van der Waals surface area contributed by atoms with Crippen LogP contribution in [0.4, 0.5) is 0 Å². The SMILES string of the molecule is C[C@]12CCC3(S1)C(C(=O)NCn1nnc4ccccc41)N(CCCCCO)C(=O)[C@@H]3[C@H]2C(=O)NCc1ccccc1. The average molecular weight is 577 g/mol. The third kappa shape index (κ3) is 4.78. The Kier molecular flexibility index (Phi) is 7.50. The molecule has 6 rings (SSSR count). The van der Waals surface area contributed by atoms with E-state index in [-0.39, 0.29) is 31.0 Å². The predicted molar refractivity (Wildman–Crippen MR) is 155 cm³/mol. The molecule has 4 heterocycles. The quantitative estimate of drug-likeness (QED) is 0.299. The smallest absolute Gasteiger partial charge is 0.245 e. The number of carbonyl (C=O) groups excluding carboxylic acids is 3. The molecule has 2 unspecified atom stereocenters. The van der Waals surface area contributed by atoms with Crippen LogP contribution in [0.5, 0.6) is 0 Å². The van der Waals surface area contributed by atoms with Crippen LogP contribution in [0.1, 0.15) is 44.6 Å². The molecule has 1 spiro atoms. The average Bonchev–Trinajstić information content (AvgIpc) is 3.69. The second kappa shape index (κ2) is 11.1. The molecule has 3 aliphatic rings. The zero-order valence-electron chi connectivity index (χ0n) is 23.2. The number of fused-ring (bicyclic) bond motifs is 2. The molecule has 2 aromatic carbocycles. The number of aliphatic hydroxyl groups is 1. The second-order valence-electron chi connectivity index (χ2n) is 11.5. The minimum atomic E-state index is -0.692. The van der Waals surface area contributed by atoms with Crippen molar-refractivity contribution in [1.29, 1.82) is 0 Å². The van der Waals surface area contributed by atoms with Crippen LogP contribution < -0.4 is 10.6 Å². The van der Waals surface area contributed by atoms with Gasteiger partial charge in [0.1, 0.15) is 18.2 Å². The van der Waals surface area contributed by atoms with E-state index in [0.29, 0.717) is 32.4 Å². The first kappa shape index (κ1) is 27.7. The molecule has 0 saturated carbocycles. The number of amides is 3. The molecule has 2 bridgehead atoms. The topological polar surface area (TPSA) is 129 Å². The molecule has 3 amide bonds. The van der Waals surface area contributed by atoms with Gasteiger partial charge < -0.3 is 20.6 Å². The van der Waals surface area contributed by atoms with E-state index in [1.807, 2.05) is 54.6 Å². The van der Waals surface area contributed by atoms with Gasteiger partial charge in [-0.15, -0.1) is 16.9 Å². The first-order valence-electron chi connectivity index (χ1n) is 14.4. The third-order valence-electron chi connectivity index (χ3n) is 9.00. The van der Waals surface area contributed by atoms with E-state index in [1.54, 1.807) is 21.3 Å². The Morgan fingerprint density at radius 2 is 1.80 bits per heavy atom. The fourth-order valence-electron chi connectivity index (χ4n) is 7.12. The molecule has 41 heavy (non-hydrogen) atoms. The predicted octanol–water partition coefficient (Wildman–Crippen LogP) is 2.47. The summed E-state index contributed by atoms with van der Waals surface area (Å²) in [5.74, 6) is -1.56. The molecule has 3 aromatic rings. The summed E-state index contributed by atoms with van der Waals surface area (Å²) >= 11 is 1.66. The maximum absolute atomic E-state index is 14.2. The molecular formula is C30H36N6O4S. The minimum absolute atomic E-state index is 0.0914. The number of benzene rings is 2. The number of unbranched alkanes of at least 4 members (excludes halogenated alkanes) is 2. The van der Waals surface area contributed by atoms with Crippen molar-refractivity contribution < 1.29 is 19.5 Å². The van der Waals surface area contributed by atoms with Gasteiger partial charge in [-0.3, -0.25) is 14.4 Å². The summed E-state index contributed by atoms with van der Waals surface area (Å²) in [6, 6.07) is 16.6. The molecule has 3 saturated heterocycles. The summed E-state index contributed by atoms with van der Waals surface area (Å²) in [4.78, 5) is 43.6. The van der Waals surface area contributed by atoms with Crippen molar-refractivity contribution in [3.63, 3.8) is 0 Å². The van der Waals surface area contributed by atoms with Gasteiger partial charge in [0.2, 0.25) is 17.7 Å². The molecule has 1 aromatic heterocycles. The molecule has 10 nitrogen and oxygen atoms in total. The van der Waals surface area contributed by atoms with Crippen LogP contribution in [0.25, 0.3) is 11.0 Å². The van der Waals surface area contributed by atoms with E-state index in [0.717, 1.165) is 29.4 Å². The number of nitrogens with one attached hydrogen (secondary N) is 2. The Labute approximate surface area is 243 Å². The highest BCUT2D eigenvalue weighted by molar-refractivity contribution is 8.02. The van der Waals surface area contributed by atoms with Crippen molar-refractivity contribution in [3.05, 3.63) is 60.2 Å². The fourth-order valence-corrected chi connectivity index (χ4v) is 9.47. The van der Waals surface area contributed by atoms with Crippen LogP contribution in [-0.2, 0) is 27.6 Å². The van der Waals surface area contributed by atoms with Crippen LogP contribution in [0.2, 0.25) is 0 Å². The Morgan fingerprint density at radius 3 is 2.61 bits per heavy atom. The van der Waals surface area contributed by atoms with Gasteiger partial charge in [-0.1, -0.05) is 47.7 Å². The number of thioether (sulfide) groups is 1. The second-order valence-corrected chi connectivity index (χ2v) is 13.4. The summed E-state index contributed by atoms with van der Waals surface area (Å²) in [7, 11) is 0. The number of hydrogen-bond donors (Lipinski definition) is 3. The van der Waals surface area contributed by atoms with E-state index in [9.17, 15) is 19.5 Å². The highest BCUT2D eigenvalue weighted by Gasteiger charge is 2.76. The van der Waals surface area contributed by atoms with Crippen LogP contribution >= 0.6 is 11.8 Å². The monoisotopic (exact) mass is 576 g/mol. The molecule has 0 aliphatic carbocycles. The molecule has 11 heteroatoms. The van der Waals surface area contributed by atoms with Gasteiger partial charge >= 0.3 is 0 Å². The molecule has 5 atom stereocenters. The van der Waals surface area contributed by atoms with Gasteiger partial charge in [-0.25, -0.2) is 4.68 Å². The van der Waals surface area contributed by atoms with Crippen molar-refractivity contribution in [2.24, 2.45) is 11.8 Å². The Hall–Kier alpha value is -3.44. The molecule has 3 aliphatic heterocycles. The first-order chi connectivity index (χ1) is 19.9. The Bertz CT molecular complexity index is 1450. The van der Waals surface area contributed by atoms with Crippen molar-refractivity contribution >= 4 is 40.5 Å². The van der Waals surface area contributed by atoms with Gasteiger partial charge in [0.05, 0.1) is 22.1 Å². The Balaban J connectivity index is 1.26. The van der Waals surface area contributed by atoms with Gasteiger partial charge in [0.15, 0.2) is 0 Å². The minimum Gasteiger partial charge on any atom is -0.396 e. The van der Waals surface area contributed by atoms with Gasteiger partial charge in [0, 0.05) is 24.4 Å². The number of aromatic nitrogens is 3. The van der Waals surface area contributed by atoms with Gasteiger partial charge in [0.25, 0.3) is 0 Å². The number of aliphatic hydroxyl groups excluding tert-OH is 1. The molecule has 0 radical (unpaired) electrons. The van der Waals surface area contributed by atoms with E-state index < -0.39 is 27.4 Å². The maximum Gasteiger partial charge on any atom is 0.245 e. The van der Waals surface area contributed by atoms with E-state index in [1.165, 1.54) is 0 Å². The summed E-state index contributed by atoms with van der Waals surface area (Å²) in [5.41, 5.74) is 2.55. The van der Waals surface area contributed by atoms with Crippen molar-refractivity contribution in [2.75, 3.05) is 13.2 Å². The number of para-hydroxylation sites is 1.